The van der Waals surface area contributed by atoms with Gasteiger partial charge in [0.1, 0.15) is 0 Å². The fourth-order valence-corrected chi connectivity index (χ4v) is 1.59. The van der Waals surface area contributed by atoms with Crippen LogP contribution in [0.5, 0.6) is 0 Å². The Balaban J connectivity index is 2.62. The molecule has 14 heavy (non-hydrogen) atoms. The summed E-state index contributed by atoms with van der Waals surface area (Å²) >= 11 is 0. The molecular weight excluding hydrogens is 188 g/mol. The van der Waals surface area contributed by atoms with Crippen molar-refractivity contribution in [3.63, 3.8) is 0 Å². The number of amides is 1. The Bertz CT molecular complexity index is 212. The highest BCUT2D eigenvalue weighted by atomic mass is 16.3. The Kier molecular flexibility index (Phi) is 3.82. The maximum atomic E-state index is 11.2. The van der Waals surface area contributed by atoms with Gasteiger partial charge in [-0.3, -0.25) is 10.1 Å². The summed E-state index contributed by atoms with van der Waals surface area (Å²) in [4.78, 5) is 11.2. The molecule has 1 heterocycles. The average molecular weight is 204 g/mol. The highest BCUT2D eigenvalue weighted by molar-refractivity contribution is 5.81. The third-order valence-electron chi connectivity index (χ3n) is 2.46. The number of hydrogen-bond donors (Lipinski definition) is 5. The summed E-state index contributed by atoms with van der Waals surface area (Å²) in [5.41, 5.74) is 0. The number of rotatable bonds is 2. The van der Waals surface area contributed by atoms with Crippen molar-refractivity contribution in [1.82, 2.24) is 10.6 Å². The molecule has 0 radical (unpaired) electrons. The molecule has 1 saturated heterocycles. The predicted octanol–water partition coefficient (Wildman–Crippen LogP) is -2.82. The highest BCUT2D eigenvalue weighted by Crippen LogP contribution is 2.14. The molecule has 1 amide bonds. The summed E-state index contributed by atoms with van der Waals surface area (Å²) in [6.07, 6.45) is -1.85. The number of carbonyl (C=O) groups is 1. The number of aliphatic hydroxyl groups is 3. The van der Waals surface area contributed by atoms with Gasteiger partial charge >= 0.3 is 0 Å². The molecule has 6 heteroatoms. The van der Waals surface area contributed by atoms with Gasteiger partial charge in [-0.2, -0.15) is 0 Å². The SMILES string of the molecule is CNC(=O)[C@@H]1C[C@@H](O)[C@H](O)[C@@H](CO)N1. The summed E-state index contributed by atoms with van der Waals surface area (Å²) in [6.45, 7) is -0.314. The molecule has 0 saturated carbocycles. The van der Waals surface area contributed by atoms with Crippen molar-refractivity contribution in [2.45, 2.75) is 30.7 Å². The van der Waals surface area contributed by atoms with E-state index in [0.717, 1.165) is 0 Å². The van der Waals surface area contributed by atoms with Crippen molar-refractivity contribution < 1.29 is 20.1 Å². The molecule has 1 aliphatic rings. The summed E-state index contributed by atoms with van der Waals surface area (Å²) in [6, 6.07) is -1.21. The molecule has 0 aromatic heterocycles. The topological polar surface area (TPSA) is 102 Å². The van der Waals surface area contributed by atoms with E-state index in [4.69, 9.17) is 5.11 Å². The Morgan fingerprint density at radius 2 is 2.21 bits per heavy atom. The van der Waals surface area contributed by atoms with Crippen LogP contribution < -0.4 is 10.6 Å². The minimum Gasteiger partial charge on any atom is -0.395 e. The fourth-order valence-electron chi connectivity index (χ4n) is 1.59. The minimum atomic E-state index is -1.03. The number of likely N-dealkylation sites (N-methyl/N-ethyl adjacent to an activating group) is 1. The van der Waals surface area contributed by atoms with Crippen molar-refractivity contribution in [2.75, 3.05) is 13.7 Å². The Morgan fingerprint density at radius 3 is 2.71 bits per heavy atom. The second-order valence-electron chi connectivity index (χ2n) is 3.42. The first kappa shape index (κ1) is 11.4. The molecule has 1 aliphatic heterocycles. The maximum absolute atomic E-state index is 11.2. The van der Waals surface area contributed by atoms with E-state index in [1.165, 1.54) is 7.05 Å². The van der Waals surface area contributed by atoms with E-state index in [0.29, 0.717) is 0 Å². The van der Waals surface area contributed by atoms with Crippen LogP contribution in [0.25, 0.3) is 0 Å². The quantitative estimate of drug-likeness (QED) is 0.334. The molecule has 0 aromatic carbocycles. The smallest absolute Gasteiger partial charge is 0.236 e. The zero-order valence-electron chi connectivity index (χ0n) is 7.97. The molecule has 1 fully saturated rings. The molecule has 1 rings (SSSR count). The number of carbonyl (C=O) groups excluding carboxylic acids is 1. The van der Waals surface area contributed by atoms with Gasteiger partial charge in [-0.05, 0) is 0 Å². The zero-order chi connectivity index (χ0) is 10.7. The third kappa shape index (κ3) is 2.21. The lowest BCUT2D eigenvalue weighted by Gasteiger charge is -2.36. The largest absolute Gasteiger partial charge is 0.395 e. The monoisotopic (exact) mass is 204 g/mol. The fraction of sp³-hybridized carbons (Fsp3) is 0.875. The molecular formula is C8H16N2O4. The number of piperidine rings is 1. The first-order valence-electron chi connectivity index (χ1n) is 4.54. The van der Waals surface area contributed by atoms with Crippen LogP contribution in [-0.4, -0.2) is 59.2 Å². The lowest BCUT2D eigenvalue weighted by Crippen LogP contribution is -2.62. The molecule has 0 aromatic rings. The van der Waals surface area contributed by atoms with Gasteiger partial charge in [0, 0.05) is 13.5 Å². The summed E-state index contributed by atoms with van der Waals surface area (Å²) in [7, 11) is 1.50. The Labute approximate surface area is 81.9 Å². The van der Waals surface area contributed by atoms with Crippen LogP contribution in [0, 0.1) is 0 Å². The molecule has 5 N–H and O–H groups in total. The van der Waals surface area contributed by atoms with Gasteiger partial charge in [0.25, 0.3) is 0 Å². The van der Waals surface area contributed by atoms with Gasteiger partial charge in [0.15, 0.2) is 0 Å². The van der Waals surface area contributed by atoms with Crippen LogP contribution in [0.4, 0.5) is 0 Å². The van der Waals surface area contributed by atoms with Crippen LogP contribution in [0.15, 0.2) is 0 Å². The van der Waals surface area contributed by atoms with E-state index < -0.39 is 24.3 Å². The van der Waals surface area contributed by atoms with Gasteiger partial charge in [0.05, 0.1) is 30.9 Å². The second-order valence-corrected chi connectivity index (χ2v) is 3.42. The van der Waals surface area contributed by atoms with Crippen molar-refractivity contribution in [3.05, 3.63) is 0 Å². The van der Waals surface area contributed by atoms with Crippen LogP contribution >= 0.6 is 0 Å². The number of aliphatic hydroxyl groups excluding tert-OH is 3. The molecule has 0 aliphatic carbocycles. The van der Waals surface area contributed by atoms with Crippen LogP contribution in [0.2, 0.25) is 0 Å². The molecule has 4 atom stereocenters. The third-order valence-corrected chi connectivity index (χ3v) is 2.46. The standard InChI is InChI=1S/C8H16N2O4/c1-9-8(14)4-2-6(12)7(13)5(3-11)10-4/h4-7,10-13H,2-3H2,1H3,(H,9,14)/t4-,5+,6+,7+/m0/s1. The van der Waals surface area contributed by atoms with E-state index in [-0.39, 0.29) is 18.9 Å². The first-order valence-corrected chi connectivity index (χ1v) is 4.54. The molecule has 0 spiro atoms. The highest BCUT2D eigenvalue weighted by Gasteiger charge is 2.37. The predicted molar refractivity (Wildman–Crippen MR) is 48.5 cm³/mol. The van der Waals surface area contributed by atoms with E-state index in [1.807, 2.05) is 0 Å². The van der Waals surface area contributed by atoms with E-state index in [9.17, 15) is 15.0 Å². The van der Waals surface area contributed by atoms with Crippen LogP contribution in [0.1, 0.15) is 6.42 Å². The zero-order valence-corrected chi connectivity index (χ0v) is 7.97. The average Bonchev–Trinajstić information content (AvgIpc) is 2.20. The first-order chi connectivity index (χ1) is 6.60. The summed E-state index contributed by atoms with van der Waals surface area (Å²) in [5, 5.41) is 32.9. The van der Waals surface area contributed by atoms with Gasteiger partial charge in [-0.15, -0.1) is 0 Å². The van der Waals surface area contributed by atoms with Crippen molar-refractivity contribution in [1.29, 1.82) is 0 Å². The van der Waals surface area contributed by atoms with E-state index in [2.05, 4.69) is 10.6 Å². The van der Waals surface area contributed by atoms with Crippen molar-refractivity contribution in [3.8, 4) is 0 Å². The van der Waals surface area contributed by atoms with E-state index >= 15 is 0 Å². The summed E-state index contributed by atoms with van der Waals surface area (Å²) < 4.78 is 0. The molecule has 82 valence electrons. The van der Waals surface area contributed by atoms with Gasteiger partial charge in [-0.25, -0.2) is 0 Å². The molecule has 0 bridgehead atoms. The normalized spacial score (nSPS) is 38.0. The molecule has 0 unspecified atom stereocenters. The summed E-state index contributed by atoms with van der Waals surface area (Å²) in [5.74, 6) is -0.255. The Morgan fingerprint density at radius 1 is 1.57 bits per heavy atom. The number of hydrogen-bond acceptors (Lipinski definition) is 5. The minimum absolute atomic E-state index is 0.150. The van der Waals surface area contributed by atoms with Crippen molar-refractivity contribution in [2.24, 2.45) is 0 Å². The van der Waals surface area contributed by atoms with Gasteiger partial charge < -0.3 is 20.6 Å². The van der Waals surface area contributed by atoms with E-state index in [1.54, 1.807) is 0 Å². The number of nitrogens with one attached hydrogen (secondary N) is 2. The molecule has 6 nitrogen and oxygen atoms in total. The second kappa shape index (κ2) is 4.70. The van der Waals surface area contributed by atoms with Crippen LogP contribution in [0.3, 0.4) is 0 Å². The van der Waals surface area contributed by atoms with Gasteiger partial charge in [0.2, 0.25) is 5.91 Å². The van der Waals surface area contributed by atoms with Gasteiger partial charge in [-0.1, -0.05) is 0 Å². The maximum Gasteiger partial charge on any atom is 0.236 e. The van der Waals surface area contributed by atoms with Crippen molar-refractivity contribution >= 4 is 5.91 Å². The Hall–Kier alpha value is -0.690. The van der Waals surface area contributed by atoms with Crippen LogP contribution in [-0.2, 0) is 4.79 Å². The lowest BCUT2D eigenvalue weighted by molar-refractivity contribution is -0.127. The lowest BCUT2D eigenvalue weighted by atomic mass is 9.93.